The minimum absolute atomic E-state index is 0.0559. The van der Waals surface area contributed by atoms with Crippen molar-refractivity contribution in [2.24, 2.45) is 5.11 Å². The fourth-order valence-electron chi connectivity index (χ4n) is 2.79. The van der Waals surface area contributed by atoms with Crippen LogP contribution in [0.1, 0.15) is 45.1 Å². The van der Waals surface area contributed by atoms with Gasteiger partial charge >= 0.3 is 0 Å². The van der Waals surface area contributed by atoms with Crippen LogP contribution in [0.2, 0.25) is 0 Å². The molecule has 0 fully saturated rings. The van der Waals surface area contributed by atoms with Crippen molar-refractivity contribution in [1.82, 2.24) is 0 Å². The minimum Gasteiger partial charge on any atom is -0.497 e. The predicted octanol–water partition coefficient (Wildman–Crippen LogP) is 4.88. The molecule has 0 N–H and O–H groups in total. The first kappa shape index (κ1) is 28.2. The molecule has 0 amide bonds. The smallest absolute Gasteiger partial charge is 0.163 e. The summed E-state index contributed by atoms with van der Waals surface area (Å²) in [7, 11) is 3.15. The Morgan fingerprint density at radius 2 is 1.56 bits per heavy atom. The standard InChI is InChI=1S/C23H39N3O6/c1-5-7-13-29-17-21(31-16-19-9-11-20(27-3)12-10-19)22(18-30-14-8-6-2)32-23(28-4)15-25-26-24/h9-12,21-23H,5-8,13-18H2,1-4H3/t21-,22?,23-/m0/s1. The lowest BCUT2D eigenvalue weighted by Crippen LogP contribution is -2.42. The molecule has 0 bridgehead atoms. The van der Waals surface area contributed by atoms with Crippen LogP contribution in [-0.4, -0.2) is 65.7 Å². The first-order valence-corrected chi connectivity index (χ1v) is 11.3. The Balaban J connectivity index is 2.88. The fourth-order valence-corrected chi connectivity index (χ4v) is 2.79. The van der Waals surface area contributed by atoms with E-state index in [4.69, 9.17) is 34.0 Å². The van der Waals surface area contributed by atoms with Crippen LogP contribution in [0.3, 0.4) is 0 Å². The van der Waals surface area contributed by atoms with Crippen molar-refractivity contribution < 1.29 is 28.4 Å². The van der Waals surface area contributed by atoms with Crippen LogP contribution in [-0.2, 0) is 30.3 Å². The number of benzene rings is 1. The molecule has 0 aromatic heterocycles. The van der Waals surface area contributed by atoms with E-state index in [1.165, 1.54) is 7.11 Å². The highest BCUT2D eigenvalue weighted by Gasteiger charge is 2.27. The molecule has 0 heterocycles. The van der Waals surface area contributed by atoms with Crippen molar-refractivity contribution in [3.63, 3.8) is 0 Å². The zero-order chi connectivity index (χ0) is 23.4. The third-order valence-corrected chi connectivity index (χ3v) is 4.77. The number of methoxy groups -OCH3 is 2. The molecular weight excluding hydrogens is 414 g/mol. The SMILES string of the molecule is CCCCOCC(O[C@@H](CN=[N+]=[N-])OC)[C@H](COCCCC)OCc1ccc(OC)cc1. The number of ether oxygens (including phenoxy) is 6. The first-order valence-electron chi connectivity index (χ1n) is 11.3. The molecule has 0 aliphatic heterocycles. The van der Waals surface area contributed by atoms with E-state index in [-0.39, 0.29) is 12.6 Å². The van der Waals surface area contributed by atoms with Crippen LogP contribution in [0.15, 0.2) is 29.4 Å². The molecule has 1 aromatic rings. The van der Waals surface area contributed by atoms with E-state index in [2.05, 4.69) is 23.9 Å². The lowest BCUT2D eigenvalue weighted by molar-refractivity contribution is -0.206. The molecule has 0 saturated heterocycles. The average molecular weight is 454 g/mol. The average Bonchev–Trinajstić information content (AvgIpc) is 2.83. The molecule has 32 heavy (non-hydrogen) atoms. The molecule has 1 unspecified atom stereocenters. The Kier molecular flexibility index (Phi) is 16.4. The summed E-state index contributed by atoms with van der Waals surface area (Å²) in [6, 6.07) is 7.71. The summed E-state index contributed by atoms with van der Waals surface area (Å²) in [6.45, 7) is 6.63. The number of rotatable bonds is 20. The highest BCUT2D eigenvalue weighted by molar-refractivity contribution is 5.26. The van der Waals surface area contributed by atoms with E-state index >= 15 is 0 Å². The van der Waals surface area contributed by atoms with E-state index < -0.39 is 12.4 Å². The highest BCUT2D eigenvalue weighted by atomic mass is 16.7. The molecule has 0 aliphatic carbocycles. The Labute approximate surface area is 191 Å². The van der Waals surface area contributed by atoms with Gasteiger partial charge < -0.3 is 28.4 Å². The molecule has 9 heteroatoms. The molecule has 9 nitrogen and oxygen atoms in total. The van der Waals surface area contributed by atoms with Gasteiger partial charge in [-0.05, 0) is 36.1 Å². The Hall–Kier alpha value is -1.87. The molecule has 0 radical (unpaired) electrons. The third-order valence-electron chi connectivity index (χ3n) is 4.77. The van der Waals surface area contributed by atoms with Crippen molar-refractivity contribution in [3.8, 4) is 5.75 Å². The van der Waals surface area contributed by atoms with E-state index in [1.54, 1.807) is 7.11 Å². The number of unbranched alkanes of at least 4 members (excludes halogenated alkanes) is 2. The van der Waals surface area contributed by atoms with Gasteiger partial charge in [-0.25, -0.2) is 0 Å². The zero-order valence-electron chi connectivity index (χ0n) is 19.9. The van der Waals surface area contributed by atoms with E-state index in [1.807, 2.05) is 24.3 Å². The van der Waals surface area contributed by atoms with E-state index in [0.717, 1.165) is 37.0 Å². The highest BCUT2D eigenvalue weighted by Crippen LogP contribution is 2.16. The summed E-state index contributed by atoms with van der Waals surface area (Å²) in [5, 5.41) is 3.57. The van der Waals surface area contributed by atoms with Crippen LogP contribution in [0, 0.1) is 0 Å². The molecule has 3 atom stereocenters. The first-order chi connectivity index (χ1) is 15.7. The monoisotopic (exact) mass is 453 g/mol. The summed E-state index contributed by atoms with van der Waals surface area (Å²) in [4.78, 5) is 2.79. The van der Waals surface area contributed by atoms with Crippen molar-refractivity contribution in [1.29, 1.82) is 0 Å². The lowest BCUT2D eigenvalue weighted by atomic mass is 10.2. The summed E-state index contributed by atoms with van der Waals surface area (Å²) >= 11 is 0. The fraction of sp³-hybridized carbons (Fsp3) is 0.739. The Morgan fingerprint density at radius 1 is 0.938 bits per heavy atom. The molecule has 182 valence electrons. The molecule has 1 aromatic carbocycles. The number of azide groups is 1. The van der Waals surface area contributed by atoms with Crippen molar-refractivity contribution in [2.45, 2.75) is 64.6 Å². The van der Waals surface area contributed by atoms with E-state index in [0.29, 0.717) is 33.0 Å². The van der Waals surface area contributed by atoms with Crippen LogP contribution in [0.5, 0.6) is 5.75 Å². The second-order valence-corrected chi connectivity index (χ2v) is 7.31. The second kappa shape index (κ2) is 18.7. The quantitative estimate of drug-likeness (QED) is 0.0916. The summed E-state index contributed by atoms with van der Waals surface area (Å²) in [6.07, 6.45) is 2.49. The van der Waals surface area contributed by atoms with Gasteiger partial charge in [-0.15, -0.1) is 0 Å². The maximum Gasteiger partial charge on any atom is 0.163 e. The van der Waals surface area contributed by atoms with Gasteiger partial charge in [0.2, 0.25) is 0 Å². The Morgan fingerprint density at radius 3 is 2.09 bits per heavy atom. The maximum atomic E-state index is 8.64. The minimum atomic E-state index is -0.701. The molecular formula is C23H39N3O6. The zero-order valence-corrected chi connectivity index (χ0v) is 19.9. The van der Waals surface area contributed by atoms with Crippen LogP contribution < -0.4 is 4.74 Å². The molecule has 0 aliphatic rings. The summed E-state index contributed by atoms with van der Waals surface area (Å²) in [5.74, 6) is 0.791. The topological polar surface area (TPSA) is 104 Å². The second-order valence-electron chi connectivity index (χ2n) is 7.31. The number of hydrogen-bond donors (Lipinski definition) is 0. The normalized spacial score (nSPS) is 13.9. The number of hydrogen-bond acceptors (Lipinski definition) is 7. The van der Waals surface area contributed by atoms with Crippen LogP contribution in [0.25, 0.3) is 10.4 Å². The van der Waals surface area contributed by atoms with Crippen molar-refractivity contribution in [3.05, 3.63) is 40.3 Å². The molecule has 1 rings (SSSR count). The van der Waals surface area contributed by atoms with Gasteiger partial charge in [-0.3, -0.25) is 0 Å². The number of nitrogens with zero attached hydrogens (tertiary/aromatic N) is 3. The third kappa shape index (κ3) is 12.2. The van der Waals surface area contributed by atoms with Gasteiger partial charge in [0.1, 0.15) is 18.0 Å². The van der Waals surface area contributed by atoms with Crippen LogP contribution in [0.4, 0.5) is 0 Å². The van der Waals surface area contributed by atoms with Crippen LogP contribution >= 0.6 is 0 Å². The summed E-state index contributed by atoms with van der Waals surface area (Å²) in [5.41, 5.74) is 9.64. The van der Waals surface area contributed by atoms with Gasteiger partial charge in [-0.2, -0.15) is 0 Å². The van der Waals surface area contributed by atoms with Gasteiger partial charge in [0, 0.05) is 25.2 Å². The maximum absolute atomic E-state index is 8.64. The Bertz CT molecular complexity index is 625. The van der Waals surface area contributed by atoms with Crippen molar-refractivity contribution >= 4 is 0 Å². The van der Waals surface area contributed by atoms with Gasteiger partial charge in [0.05, 0.1) is 33.5 Å². The van der Waals surface area contributed by atoms with Gasteiger partial charge in [0.15, 0.2) is 6.29 Å². The predicted molar refractivity (Wildman–Crippen MR) is 123 cm³/mol. The van der Waals surface area contributed by atoms with E-state index in [9.17, 15) is 0 Å². The molecule has 0 spiro atoms. The summed E-state index contributed by atoms with van der Waals surface area (Å²) < 4.78 is 34.6. The van der Waals surface area contributed by atoms with Gasteiger partial charge in [-0.1, -0.05) is 43.9 Å². The van der Waals surface area contributed by atoms with Crippen molar-refractivity contribution in [2.75, 3.05) is 47.2 Å². The molecule has 0 saturated carbocycles. The largest absolute Gasteiger partial charge is 0.497 e. The van der Waals surface area contributed by atoms with Gasteiger partial charge in [0.25, 0.3) is 0 Å². The lowest BCUT2D eigenvalue weighted by Gasteiger charge is -2.30.